The van der Waals surface area contributed by atoms with Gasteiger partial charge in [-0.3, -0.25) is 4.79 Å². The van der Waals surface area contributed by atoms with E-state index in [0.29, 0.717) is 22.6 Å². The zero-order chi connectivity index (χ0) is 19.8. The van der Waals surface area contributed by atoms with Crippen LogP contribution in [0.1, 0.15) is 38.8 Å². The molecule has 3 aromatic rings. The van der Waals surface area contributed by atoms with E-state index in [4.69, 9.17) is 14.2 Å². The molecule has 1 atom stereocenters. The Bertz CT molecular complexity index is 1100. The van der Waals surface area contributed by atoms with Crippen molar-refractivity contribution in [1.29, 1.82) is 0 Å². The quantitative estimate of drug-likeness (QED) is 0.730. The Hall–Kier alpha value is -3.54. The molecular formula is C22H18O6. The standard InChI is InChI=1S/C22H18O6/c1-26-17-10-8-14(20(22(24)25)21(17)27-2)18-11-15(23)19-13-6-4-3-5-12(13)7-9-16(19)28-18/h3-10,18H,11H2,1-2H3,(H,24,25). The molecule has 1 heterocycles. The third kappa shape index (κ3) is 2.74. The zero-order valence-corrected chi connectivity index (χ0v) is 15.4. The lowest BCUT2D eigenvalue weighted by molar-refractivity contribution is 0.0678. The summed E-state index contributed by atoms with van der Waals surface area (Å²) < 4.78 is 16.5. The van der Waals surface area contributed by atoms with Crippen LogP contribution in [0.2, 0.25) is 0 Å². The fourth-order valence-electron chi connectivity index (χ4n) is 3.71. The normalized spacial score (nSPS) is 15.6. The molecule has 3 aromatic carbocycles. The average molecular weight is 378 g/mol. The number of methoxy groups -OCH3 is 2. The molecule has 4 rings (SSSR count). The van der Waals surface area contributed by atoms with Gasteiger partial charge < -0.3 is 19.3 Å². The number of benzene rings is 3. The Balaban J connectivity index is 1.84. The molecule has 0 saturated heterocycles. The maximum Gasteiger partial charge on any atom is 0.340 e. The highest BCUT2D eigenvalue weighted by Gasteiger charge is 2.33. The Kier molecular flexibility index (Phi) is 4.39. The van der Waals surface area contributed by atoms with Crippen LogP contribution in [0.25, 0.3) is 10.8 Å². The molecular weight excluding hydrogens is 360 g/mol. The van der Waals surface area contributed by atoms with Crippen LogP contribution in [0.3, 0.4) is 0 Å². The monoisotopic (exact) mass is 378 g/mol. The van der Waals surface area contributed by atoms with Crippen molar-refractivity contribution in [2.75, 3.05) is 14.2 Å². The summed E-state index contributed by atoms with van der Waals surface area (Å²) in [6, 6.07) is 14.5. The zero-order valence-electron chi connectivity index (χ0n) is 15.4. The van der Waals surface area contributed by atoms with Gasteiger partial charge in [0.1, 0.15) is 17.4 Å². The minimum absolute atomic E-state index is 0.0385. The molecule has 0 spiro atoms. The fraction of sp³-hybridized carbons (Fsp3) is 0.182. The van der Waals surface area contributed by atoms with Gasteiger partial charge in [-0.15, -0.1) is 0 Å². The van der Waals surface area contributed by atoms with Gasteiger partial charge in [-0.1, -0.05) is 36.4 Å². The van der Waals surface area contributed by atoms with Crippen molar-refractivity contribution >= 4 is 22.5 Å². The summed E-state index contributed by atoms with van der Waals surface area (Å²) in [6.07, 6.45) is -0.691. The van der Waals surface area contributed by atoms with Crippen LogP contribution in [0.15, 0.2) is 48.5 Å². The van der Waals surface area contributed by atoms with E-state index in [1.165, 1.54) is 14.2 Å². The SMILES string of the molecule is COc1ccc(C2CC(=O)c3c(ccc4ccccc34)O2)c(C(=O)O)c1OC. The molecule has 0 radical (unpaired) electrons. The van der Waals surface area contributed by atoms with E-state index in [-0.39, 0.29) is 23.5 Å². The number of carbonyl (C=O) groups excluding carboxylic acids is 1. The van der Waals surface area contributed by atoms with Crippen LogP contribution in [0.5, 0.6) is 17.2 Å². The summed E-state index contributed by atoms with van der Waals surface area (Å²) in [5.41, 5.74) is 0.841. The summed E-state index contributed by atoms with van der Waals surface area (Å²) in [5.74, 6) is -0.406. The second-order valence-corrected chi connectivity index (χ2v) is 6.46. The summed E-state index contributed by atoms with van der Waals surface area (Å²) in [6.45, 7) is 0. The molecule has 142 valence electrons. The third-order valence-corrected chi connectivity index (χ3v) is 4.95. The minimum Gasteiger partial charge on any atom is -0.493 e. The van der Waals surface area contributed by atoms with E-state index in [1.807, 2.05) is 30.3 Å². The molecule has 0 bridgehead atoms. The molecule has 1 aliphatic heterocycles. The van der Waals surface area contributed by atoms with Gasteiger partial charge in [0.15, 0.2) is 17.3 Å². The van der Waals surface area contributed by atoms with Crippen LogP contribution in [0.4, 0.5) is 0 Å². The molecule has 0 aliphatic carbocycles. The van der Waals surface area contributed by atoms with Crippen LogP contribution in [0, 0.1) is 0 Å². The van der Waals surface area contributed by atoms with Crippen molar-refractivity contribution < 1.29 is 28.9 Å². The number of hydrogen-bond acceptors (Lipinski definition) is 5. The first kappa shape index (κ1) is 17.9. The third-order valence-electron chi connectivity index (χ3n) is 4.95. The van der Waals surface area contributed by atoms with Gasteiger partial charge in [-0.05, 0) is 22.9 Å². The van der Waals surface area contributed by atoms with E-state index < -0.39 is 12.1 Å². The molecule has 0 fully saturated rings. The average Bonchev–Trinajstić information content (AvgIpc) is 2.71. The first-order valence-corrected chi connectivity index (χ1v) is 8.75. The van der Waals surface area contributed by atoms with E-state index in [1.54, 1.807) is 18.2 Å². The highest BCUT2D eigenvalue weighted by atomic mass is 16.5. The van der Waals surface area contributed by atoms with Crippen LogP contribution in [-0.4, -0.2) is 31.1 Å². The van der Waals surface area contributed by atoms with Crippen molar-refractivity contribution in [3.05, 3.63) is 65.2 Å². The van der Waals surface area contributed by atoms with Gasteiger partial charge in [-0.2, -0.15) is 0 Å². The number of carboxylic acid groups (broad SMARTS) is 1. The van der Waals surface area contributed by atoms with Crippen molar-refractivity contribution in [2.24, 2.45) is 0 Å². The number of hydrogen-bond donors (Lipinski definition) is 1. The van der Waals surface area contributed by atoms with Gasteiger partial charge >= 0.3 is 5.97 Å². The first-order chi connectivity index (χ1) is 13.5. The molecule has 28 heavy (non-hydrogen) atoms. The topological polar surface area (TPSA) is 82.1 Å². The molecule has 1 unspecified atom stereocenters. The highest BCUT2D eigenvalue weighted by molar-refractivity contribution is 6.11. The Morgan fingerprint density at radius 1 is 1.07 bits per heavy atom. The Morgan fingerprint density at radius 2 is 1.86 bits per heavy atom. The Morgan fingerprint density at radius 3 is 2.57 bits per heavy atom. The lowest BCUT2D eigenvalue weighted by atomic mass is 9.90. The van der Waals surface area contributed by atoms with Crippen molar-refractivity contribution in [1.82, 2.24) is 0 Å². The molecule has 1 N–H and O–H groups in total. The van der Waals surface area contributed by atoms with Gasteiger partial charge in [-0.25, -0.2) is 4.79 Å². The molecule has 0 aromatic heterocycles. The number of rotatable bonds is 4. The molecule has 1 aliphatic rings. The number of ketones is 1. The van der Waals surface area contributed by atoms with Crippen LogP contribution in [-0.2, 0) is 0 Å². The largest absolute Gasteiger partial charge is 0.493 e. The molecule has 6 nitrogen and oxygen atoms in total. The molecule has 0 saturated carbocycles. The van der Waals surface area contributed by atoms with E-state index in [0.717, 1.165) is 10.8 Å². The number of carboxylic acids is 1. The van der Waals surface area contributed by atoms with E-state index >= 15 is 0 Å². The molecule has 0 amide bonds. The lowest BCUT2D eigenvalue weighted by Gasteiger charge is -2.28. The lowest BCUT2D eigenvalue weighted by Crippen LogP contribution is -2.23. The highest BCUT2D eigenvalue weighted by Crippen LogP contribution is 2.43. The van der Waals surface area contributed by atoms with Gasteiger partial charge in [0.2, 0.25) is 0 Å². The predicted octanol–water partition coefficient (Wildman–Crippen LogP) is 4.26. The summed E-state index contributed by atoms with van der Waals surface area (Å²) in [5, 5.41) is 11.5. The number of aromatic carboxylic acids is 1. The minimum atomic E-state index is -1.17. The second kappa shape index (κ2) is 6.88. The van der Waals surface area contributed by atoms with Gasteiger partial charge in [0, 0.05) is 5.56 Å². The number of fused-ring (bicyclic) bond motifs is 3. The van der Waals surface area contributed by atoms with Gasteiger partial charge in [0.05, 0.1) is 26.2 Å². The number of Topliss-reactive ketones (excluding diaryl/α,β-unsaturated/α-hetero) is 1. The van der Waals surface area contributed by atoms with Crippen molar-refractivity contribution in [2.45, 2.75) is 12.5 Å². The van der Waals surface area contributed by atoms with Gasteiger partial charge in [0.25, 0.3) is 0 Å². The summed E-state index contributed by atoms with van der Waals surface area (Å²) in [7, 11) is 2.81. The second-order valence-electron chi connectivity index (χ2n) is 6.46. The maximum absolute atomic E-state index is 13.0. The van der Waals surface area contributed by atoms with E-state index in [2.05, 4.69) is 0 Å². The van der Waals surface area contributed by atoms with Crippen molar-refractivity contribution in [3.63, 3.8) is 0 Å². The number of carbonyl (C=O) groups is 2. The summed E-state index contributed by atoms with van der Waals surface area (Å²) >= 11 is 0. The van der Waals surface area contributed by atoms with Crippen LogP contribution >= 0.6 is 0 Å². The summed E-state index contributed by atoms with van der Waals surface area (Å²) in [4.78, 5) is 24.9. The fourth-order valence-corrected chi connectivity index (χ4v) is 3.71. The predicted molar refractivity (Wildman–Crippen MR) is 103 cm³/mol. The smallest absolute Gasteiger partial charge is 0.340 e. The molecule has 6 heteroatoms. The first-order valence-electron chi connectivity index (χ1n) is 8.75. The van der Waals surface area contributed by atoms with E-state index in [9.17, 15) is 14.7 Å². The Labute approximate surface area is 161 Å². The maximum atomic E-state index is 13.0. The van der Waals surface area contributed by atoms with Crippen LogP contribution < -0.4 is 14.2 Å². The van der Waals surface area contributed by atoms with Crippen molar-refractivity contribution in [3.8, 4) is 17.2 Å². The number of ether oxygens (including phenoxy) is 3.